The van der Waals surface area contributed by atoms with Gasteiger partial charge >= 0.3 is 5.97 Å². The normalized spacial score (nSPS) is 12.3. The van der Waals surface area contributed by atoms with Crippen LogP contribution in [0.15, 0.2) is 84.0 Å². The quantitative estimate of drug-likeness (QED) is 0.145. The molecule has 0 aliphatic rings. The molecule has 0 bridgehead atoms. The molecule has 0 radical (unpaired) electrons. The van der Waals surface area contributed by atoms with Gasteiger partial charge in [-0.05, 0) is 60.1 Å². The molecule has 1 atom stereocenters. The van der Waals surface area contributed by atoms with E-state index in [0.717, 1.165) is 41.7 Å². The third kappa shape index (κ3) is 7.46. The lowest BCUT2D eigenvalue weighted by molar-refractivity contribution is -0.148. The van der Waals surface area contributed by atoms with Gasteiger partial charge in [0.2, 0.25) is 0 Å². The molecular formula is C28H31NO5. The van der Waals surface area contributed by atoms with Crippen molar-refractivity contribution in [2.75, 3.05) is 13.7 Å². The molecule has 3 aromatic carbocycles. The van der Waals surface area contributed by atoms with Crippen LogP contribution >= 0.6 is 0 Å². The molecule has 0 heterocycles. The Balaban J connectivity index is 1.38. The summed E-state index contributed by atoms with van der Waals surface area (Å²) in [6.45, 7) is 0.634. The molecule has 2 N–H and O–H groups in total. The van der Waals surface area contributed by atoms with Crippen LogP contribution in [0.3, 0.4) is 0 Å². The first kappa shape index (κ1) is 25.0. The second-order valence-electron chi connectivity index (χ2n) is 8.06. The molecule has 3 aromatic rings. The van der Waals surface area contributed by atoms with Crippen molar-refractivity contribution in [3.8, 4) is 16.9 Å². The number of carbonyl (C=O) groups is 1. The molecule has 6 nitrogen and oxygen atoms in total. The Labute approximate surface area is 200 Å². The van der Waals surface area contributed by atoms with Crippen LogP contribution in [0, 0.1) is 0 Å². The summed E-state index contributed by atoms with van der Waals surface area (Å²) in [5.74, 6) is -0.131. The van der Waals surface area contributed by atoms with Crippen molar-refractivity contribution >= 4 is 11.7 Å². The zero-order chi connectivity index (χ0) is 24.2. The fraction of sp³-hybridized carbons (Fsp3) is 0.286. The fourth-order valence-corrected chi connectivity index (χ4v) is 3.71. The predicted octanol–water partition coefficient (Wildman–Crippen LogP) is 5.81. The van der Waals surface area contributed by atoms with Gasteiger partial charge in [-0.25, -0.2) is 4.79 Å². The number of carboxylic acid groups (broad SMARTS) is 1. The molecule has 6 heteroatoms. The molecule has 0 saturated carbocycles. The Morgan fingerprint density at radius 2 is 1.56 bits per heavy atom. The van der Waals surface area contributed by atoms with Crippen molar-refractivity contribution in [3.05, 3.63) is 90.0 Å². The topological polar surface area (TPSA) is 88.4 Å². The van der Waals surface area contributed by atoms with E-state index < -0.39 is 12.1 Å². The molecule has 0 aromatic heterocycles. The number of carboxylic acids is 1. The van der Waals surface area contributed by atoms with Crippen LogP contribution in [-0.4, -0.2) is 41.8 Å². The minimum atomic E-state index is -0.989. The number of ether oxygens (including phenoxy) is 2. The Kier molecular flexibility index (Phi) is 9.67. The van der Waals surface area contributed by atoms with Crippen LogP contribution in [0.25, 0.3) is 11.1 Å². The zero-order valence-electron chi connectivity index (χ0n) is 19.4. The van der Waals surface area contributed by atoms with E-state index >= 15 is 0 Å². The number of aliphatic carboxylic acids is 1. The van der Waals surface area contributed by atoms with E-state index in [4.69, 9.17) is 14.6 Å². The molecule has 0 amide bonds. The zero-order valence-corrected chi connectivity index (χ0v) is 19.4. The Bertz CT molecular complexity index is 1050. The summed E-state index contributed by atoms with van der Waals surface area (Å²) in [5.41, 5.74) is 4.64. The molecule has 0 fully saturated rings. The summed E-state index contributed by atoms with van der Waals surface area (Å²) < 4.78 is 10.8. The smallest absolute Gasteiger partial charge is 0.333 e. The first-order valence-electron chi connectivity index (χ1n) is 11.4. The van der Waals surface area contributed by atoms with Gasteiger partial charge in [-0.3, -0.25) is 0 Å². The summed E-state index contributed by atoms with van der Waals surface area (Å²) >= 11 is 0. The highest BCUT2D eigenvalue weighted by Gasteiger charge is 2.17. The number of rotatable bonds is 13. The Hall–Kier alpha value is -3.64. The van der Waals surface area contributed by atoms with Crippen LogP contribution < -0.4 is 4.74 Å². The van der Waals surface area contributed by atoms with E-state index in [1.165, 1.54) is 12.7 Å². The molecular weight excluding hydrogens is 430 g/mol. The maximum atomic E-state index is 11.1. The maximum absolute atomic E-state index is 11.1. The number of nitrogens with zero attached hydrogens (tertiary/aromatic N) is 1. The van der Waals surface area contributed by atoms with Gasteiger partial charge in [0, 0.05) is 13.5 Å². The fourth-order valence-electron chi connectivity index (χ4n) is 3.71. The Morgan fingerprint density at radius 3 is 2.18 bits per heavy atom. The average molecular weight is 462 g/mol. The van der Waals surface area contributed by atoms with Crippen molar-refractivity contribution in [1.82, 2.24) is 0 Å². The van der Waals surface area contributed by atoms with E-state index in [1.807, 2.05) is 54.6 Å². The number of hydrogen-bond acceptors (Lipinski definition) is 5. The largest absolute Gasteiger partial charge is 0.494 e. The van der Waals surface area contributed by atoms with Crippen molar-refractivity contribution < 1.29 is 24.6 Å². The number of methoxy groups -OCH3 is 1. The first-order valence-corrected chi connectivity index (χ1v) is 11.4. The summed E-state index contributed by atoms with van der Waals surface area (Å²) in [7, 11) is 1.39. The van der Waals surface area contributed by atoms with Crippen LogP contribution in [-0.2, 0) is 16.0 Å². The molecule has 0 aliphatic heterocycles. The van der Waals surface area contributed by atoms with Gasteiger partial charge in [-0.15, -0.1) is 0 Å². The first-order chi connectivity index (χ1) is 16.6. The Morgan fingerprint density at radius 1 is 0.882 bits per heavy atom. The highest BCUT2D eigenvalue weighted by molar-refractivity contribution is 6.00. The van der Waals surface area contributed by atoms with Crippen molar-refractivity contribution in [1.29, 1.82) is 0 Å². The van der Waals surface area contributed by atoms with Gasteiger partial charge < -0.3 is 19.8 Å². The number of benzene rings is 3. The van der Waals surface area contributed by atoms with Gasteiger partial charge in [0.25, 0.3) is 0 Å². The lowest BCUT2D eigenvalue weighted by Gasteiger charge is -2.11. The van der Waals surface area contributed by atoms with Gasteiger partial charge in [0.15, 0.2) is 6.10 Å². The van der Waals surface area contributed by atoms with Crippen LogP contribution in [0.4, 0.5) is 0 Å². The molecule has 0 spiro atoms. The van der Waals surface area contributed by atoms with E-state index in [9.17, 15) is 10.0 Å². The standard InChI is InChI=1S/C28H31NO5/c1-33-27(28(30)31)20-21-11-13-24(14-12-21)26(29-32)10-6-3-7-19-34-25-17-15-23(16-18-25)22-8-4-2-5-9-22/h2,4-5,8-9,11-18,27,32H,3,6-7,10,19-20H2,1H3,(H,30,31)/b29-26+/t27-/m0/s1. The van der Waals surface area contributed by atoms with E-state index in [0.29, 0.717) is 18.7 Å². The van der Waals surface area contributed by atoms with Crippen LogP contribution in [0.1, 0.15) is 36.8 Å². The number of oxime groups is 1. The summed E-state index contributed by atoms with van der Waals surface area (Å²) in [4.78, 5) is 11.1. The molecule has 0 saturated heterocycles. The number of unbranched alkanes of at least 4 members (excludes halogenated alkanes) is 2. The summed E-state index contributed by atoms with van der Waals surface area (Å²) in [5, 5.41) is 22.0. The van der Waals surface area contributed by atoms with Gasteiger partial charge in [0.1, 0.15) is 5.75 Å². The van der Waals surface area contributed by atoms with Crippen LogP contribution in [0.2, 0.25) is 0 Å². The summed E-state index contributed by atoms with van der Waals surface area (Å²) in [6, 6.07) is 25.7. The maximum Gasteiger partial charge on any atom is 0.333 e. The SMILES string of the molecule is CO[C@@H](Cc1ccc(/C(CCCCCOc2ccc(-c3ccccc3)cc2)=N/O)cc1)C(=O)O. The monoisotopic (exact) mass is 461 g/mol. The van der Waals surface area contributed by atoms with Crippen molar-refractivity contribution in [2.24, 2.45) is 5.16 Å². The van der Waals surface area contributed by atoms with E-state index in [-0.39, 0.29) is 6.42 Å². The number of hydrogen-bond donors (Lipinski definition) is 2. The third-order valence-electron chi connectivity index (χ3n) is 5.68. The lowest BCUT2D eigenvalue weighted by atomic mass is 10.0. The molecule has 0 aliphatic carbocycles. The molecule has 0 unspecified atom stereocenters. The lowest BCUT2D eigenvalue weighted by Crippen LogP contribution is -2.24. The highest BCUT2D eigenvalue weighted by atomic mass is 16.5. The van der Waals surface area contributed by atoms with Gasteiger partial charge in [-0.2, -0.15) is 0 Å². The van der Waals surface area contributed by atoms with E-state index in [1.54, 1.807) is 0 Å². The average Bonchev–Trinajstić information content (AvgIpc) is 2.88. The molecule has 178 valence electrons. The molecule has 3 rings (SSSR count). The van der Waals surface area contributed by atoms with E-state index in [2.05, 4.69) is 29.4 Å². The van der Waals surface area contributed by atoms with Gasteiger partial charge in [-0.1, -0.05) is 71.9 Å². The minimum absolute atomic E-state index is 0.284. The second-order valence-corrected chi connectivity index (χ2v) is 8.06. The highest BCUT2D eigenvalue weighted by Crippen LogP contribution is 2.22. The molecule has 34 heavy (non-hydrogen) atoms. The summed E-state index contributed by atoms with van der Waals surface area (Å²) in [6.07, 6.45) is 2.80. The third-order valence-corrected chi connectivity index (χ3v) is 5.68. The van der Waals surface area contributed by atoms with Crippen molar-refractivity contribution in [2.45, 2.75) is 38.2 Å². The second kappa shape index (κ2) is 13.2. The minimum Gasteiger partial charge on any atom is -0.494 e. The predicted molar refractivity (Wildman–Crippen MR) is 133 cm³/mol. The van der Waals surface area contributed by atoms with Gasteiger partial charge in [0.05, 0.1) is 12.3 Å². The van der Waals surface area contributed by atoms with Crippen molar-refractivity contribution in [3.63, 3.8) is 0 Å². The van der Waals surface area contributed by atoms with Crippen LogP contribution in [0.5, 0.6) is 5.75 Å².